The smallest absolute Gasteiger partial charge is 0.323 e. The molecule has 1 N–H and O–H groups in total. The predicted octanol–water partition coefficient (Wildman–Crippen LogP) is 3.69. The maximum Gasteiger partial charge on any atom is 0.323 e. The van der Waals surface area contributed by atoms with Gasteiger partial charge in [-0.3, -0.25) is 4.98 Å². The molecule has 0 aliphatic heterocycles. The van der Waals surface area contributed by atoms with Crippen molar-refractivity contribution in [2.75, 3.05) is 0 Å². The van der Waals surface area contributed by atoms with Crippen LogP contribution in [0, 0.1) is 23.0 Å². The van der Waals surface area contributed by atoms with Gasteiger partial charge in [-0.2, -0.15) is 14.0 Å². The van der Waals surface area contributed by atoms with E-state index in [9.17, 15) is 13.9 Å². The molecule has 8 nitrogen and oxygen atoms in total. The normalized spacial score (nSPS) is 13.2. The molecule has 0 spiro atoms. The van der Waals surface area contributed by atoms with Gasteiger partial charge in [0.2, 0.25) is 0 Å². The van der Waals surface area contributed by atoms with Crippen molar-refractivity contribution in [3.05, 3.63) is 95.6 Å². The number of ether oxygens (including phenoxy) is 1. The Morgan fingerprint density at radius 2 is 1.88 bits per heavy atom. The minimum absolute atomic E-state index is 0.0756. The Hall–Kier alpha value is -4.37. The highest BCUT2D eigenvalue weighted by molar-refractivity contribution is 5.39. The molecule has 1 unspecified atom stereocenters. The van der Waals surface area contributed by atoms with Crippen LogP contribution < -0.4 is 4.74 Å². The fourth-order valence-corrected chi connectivity index (χ4v) is 3.27. The molecule has 172 valence electrons. The van der Waals surface area contributed by atoms with Gasteiger partial charge in [-0.25, -0.2) is 13.5 Å². The summed E-state index contributed by atoms with van der Waals surface area (Å²) in [6, 6.07) is 12.0. The van der Waals surface area contributed by atoms with E-state index >= 15 is 8.78 Å². The average Bonchev–Trinajstić information content (AvgIpc) is 3.32. The molecule has 4 rings (SSSR count). The summed E-state index contributed by atoms with van der Waals surface area (Å²) in [6.07, 6.45) is 1.95. The summed E-state index contributed by atoms with van der Waals surface area (Å²) in [5.41, 5.74) is -4.69. The fraction of sp³-hybridized carbons (Fsp3) is 0.136. The van der Waals surface area contributed by atoms with Crippen molar-refractivity contribution >= 4 is 0 Å². The topological polar surface area (TPSA) is 110 Å². The largest absolute Gasteiger partial charge is 0.456 e. The number of rotatable bonds is 7. The summed E-state index contributed by atoms with van der Waals surface area (Å²) in [5, 5.41) is 30.2. The van der Waals surface area contributed by atoms with Gasteiger partial charge in [0.1, 0.15) is 35.2 Å². The van der Waals surface area contributed by atoms with Crippen LogP contribution in [0.5, 0.6) is 11.5 Å². The third-order valence-corrected chi connectivity index (χ3v) is 4.94. The predicted molar refractivity (Wildman–Crippen MR) is 107 cm³/mol. The highest BCUT2D eigenvalue weighted by atomic mass is 19.3. The van der Waals surface area contributed by atoms with E-state index in [1.807, 2.05) is 6.07 Å². The van der Waals surface area contributed by atoms with Crippen molar-refractivity contribution in [3.63, 3.8) is 0 Å². The molecule has 0 aliphatic carbocycles. The molecule has 0 amide bonds. The van der Waals surface area contributed by atoms with Crippen LogP contribution in [0.15, 0.2) is 67.1 Å². The molecule has 2 heterocycles. The molecule has 12 heteroatoms. The number of hydrogen-bond donors (Lipinski definition) is 1. The van der Waals surface area contributed by atoms with Crippen LogP contribution >= 0.6 is 0 Å². The van der Waals surface area contributed by atoms with E-state index < -0.39 is 41.0 Å². The third kappa shape index (κ3) is 4.28. The summed E-state index contributed by atoms with van der Waals surface area (Å²) in [6.45, 7) is -0.962. The number of nitriles is 1. The lowest BCUT2D eigenvalue weighted by Crippen LogP contribution is -2.48. The maximum atomic E-state index is 15.7. The number of hydrogen-bond acceptors (Lipinski definition) is 7. The quantitative estimate of drug-likeness (QED) is 0.410. The minimum Gasteiger partial charge on any atom is -0.456 e. The molecule has 0 radical (unpaired) electrons. The van der Waals surface area contributed by atoms with Gasteiger partial charge >= 0.3 is 5.92 Å². The van der Waals surface area contributed by atoms with Crippen LogP contribution in [0.25, 0.3) is 0 Å². The van der Waals surface area contributed by atoms with E-state index in [2.05, 4.69) is 20.5 Å². The first-order valence-electron chi connectivity index (χ1n) is 9.64. The van der Waals surface area contributed by atoms with Crippen LogP contribution in [0.3, 0.4) is 0 Å². The highest BCUT2D eigenvalue weighted by Crippen LogP contribution is 2.46. The number of pyridine rings is 1. The molecule has 0 bridgehead atoms. The fourth-order valence-electron chi connectivity index (χ4n) is 3.27. The van der Waals surface area contributed by atoms with Crippen LogP contribution in [0.4, 0.5) is 17.6 Å². The second-order valence-corrected chi connectivity index (χ2v) is 7.19. The summed E-state index contributed by atoms with van der Waals surface area (Å²) in [7, 11) is 0. The molecule has 0 saturated carbocycles. The van der Waals surface area contributed by atoms with Gasteiger partial charge in [-0.15, -0.1) is 5.10 Å². The lowest BCUT2D eigenvalue weighted by Gasteiger charge is -2.35. The number of aliphatic hydroxyl groups is 1. The number of alkyl halides is 2. The average molecular weight is 470 g/mol. The van der Waals surface area contributed by atoms with Crippen molar-refractivity contribution in [1.29, 1.82) is 5.26 Å². The molecular weight excluding hydrogens is 456 g/mol. The van der Waals surface area contributed by atoms with Crippen LogP contribution in [0.1, 0.15) is 16.8 Å². The standard InChI is InChI=1S/C22H14F4N6O2/c23-15-4-6-18(19(24)9-15)21(33,12-32-13-29-30-31-32)22(25,26)20-7-5-17(11-28-20)34-16-3-1-2-14(8-16)10-27/h1-9,11,13,33H,12H2. The van der Waals surface area contributed by atoms with E-state index in [0.717, 1.165) is 35.4 Å². The molecule has 2 aromatic heterocycles. The minimum atomic E-state index is -4.18. The highest BCUT2D eigenvalue weighted by Gasteiger charge is 2.58. The first-order valence-corrected chi connectivity index (χ1v) is 9.64. The van der Waals surface area contributed by atoms with Crippen LogP contribution in [-0.4, -0.2) is 30.3 Å². The zero-order valence-electron chi connectivity index (χ0n) is 17.1. The van der Waals surface area contributed by atoms with Crippen molar-refractivity contribution in [1.82, 2.24) is 25.2 Å². The van der Waals surface area contributed by atoms with Crippen LogP contribution in [0.2, 0.25) is 0 Å². The zero-order chi connectivity index (χ0) is 24.3. The second-order valence-electron chi connectivity index (χ2n) is 7.19. The van der Waals surface area contributed by atoms with E-state index in [4.69, 9.17) is 10.00 Å². The van der Waals surface area contributed by atoms with Gasteiger partial charge in [-0.05, 0) is 52.9 Å². The van der Waals surface area contributed by atoms with Gasteiger partial charge in [-0.1, -0.05) is 6.07 Å². The number of benzene rings is 2. The van der Waals surface area contributed by atoms with E-state index in [1.54, 1.807) is 18.2 Å². The number of nitrogens with zero attached hydrogens (tertiary/aromatic N) is 6. The van der Waals surface area contributed by atoms with Gasteiger partial charge in [0.15, 0.2) is 5.60 Å². The van der Waals surface area contributed by atoms with Crippen LogP contribution in [-0.2, 0) is 18.1 Å². The molecule has 0 saturated heterocycles. The monoisotopic (exact) mass is 470 g/mol. The van der Waals surface area contributed by atoms with Crippen molar-refractivity contribution in [2.45, 2.75) is 18.1 Å². The first kappa shape index (κ1) is 22.8. The Labute approximate surface area is 189 Å². The number of aromatic nitrogens is 5. The molecule has 4 aromatic rings. The first-order chi connectivity index (χ1) is 16.2. The van der Waals surface area contributed by atoms with Gasteiger partial charge < -0.3 is 9.84 Å². The third-order valence-electron chi connectivity index (χ3n) is 4.94. The lowest BCUT2D eigenvalue weighted by molar-refractivity contribution is -0.207. The molecule has 2 aromatic carbocycles. The Morgan fingerprint density at radius 3 is 2.53 bits per heavy atom. The van der Waals surface area contributed by atoms with Gasteiger partial charge in [0, 0.05) is 11.6 Å². The Bertz CT molecular complexity index is 1340. The molecule has 34 heavy (non-hydrogen) atoms. The molecule has 0 aliphatic rings. The SMILES string of the molecule is N#Cc1cccc(Oc2ccc(C(F)(F)C(O)(Cn3cnnn3)c3ccc(F)cc3F)nc2)c1. The Balaban J connectivity index is 1.70. The summed E-state index contributed by atoms with van der Waals surface area (Å²) < 4.78 is 65.6. The number of tetrazole rings is 1. The lowest BCUT2D eigenvalue weighted by atomic mass is 9.84. The van der Waals surface area contributed by atoms with Crippen molar-refractivity contribution in [2.24, 2.45) is 0 Å². The molecule has 0 fully saturated rings. The summed E-state index contributed by atoms with van der Waals surface area (Å²) in [4.78, 5) is 3.70. The second kappa shape index (κ2) is 8.87. The zero-order valence-corrected chi connectivity index (χ0v) is 17.1. The van der Waals surface area contributed by atoms with E-state index in [0.29, 0.717) is 11.6 Å². The Morgan fingerprint density at radius 1 is 1.06 bits per heavy atom. The maximum absolute atomic E-state index is 15.7. The molecule has 1 atom stereocenters. The molecular formula is C22H14F4N6O2. The summed E-state index contributed by atoms with van der Waals surface area (Å²) >= 11 is 0. The Kier molecular flexibility index (Phi) is 5.95. The van der Waals surface area contributed by atoms with Crippen molar-refractivity contribution in [3.8, 4) is 17.6 Å². The van der Waals surface area contributed by atoms with Gasteiger partial charge in [0.05, 0.1) is 24.4 Å². The van der Waals surface area contributed by atoms with E-state index in [1.165, 1.54) is 12.1 Å². The van der Waals surface area contributed by atoms with E-state index in [-0.39, 0.29) is 11.5 Å². The van der Waals surface area contributed by atoms with Crippen molar-refractivity contribution < 1.29 is 27.4 Å². The summed E-state index contributed by atoms with van der Waals surface area (Å²) in [5.74, 6) is -6.21. The number of halogens is 4. The van der Waals surface area contributed by atoms with Gasteiger partial charge in [0.25, 0.3) is 0 Å².